The number of hydrogen-bond donors (Lipinski definition) is 2. The number of amides is 2. The molecule has 0 aliphatic heterocycles. The van der Waals surface area contributed by atoms with E-state index in [0.29, 0.717) is 12.2 Å². The second-order valence-electron chi connectivity index (χ2n) is 7.30. The van der Waals surface area contributed by atoms with Gasteiger partial charge in [-0.2, -0.15) is 5.10 Å². The predicted molar refractivity (Wildman–Crippen MR) is 124 cm³/mol. The lowest BCUT2D eigenvalue weighted by Crippen LogP contribution is -2.25. The molecule has 0 aliphatic carbocycles. The molecule has 7 nitrogen and oxygen atoms in total. The van der Waals surface area contributed by atoms with Gasteiger partial charge in [0.25, 0.3) is 0 Å². The van der Waals surface area contributed by atoms with Crippen LogP contribution in [0.3, 0.4) is 0 Å². The van der Waals surface area contributed by atoms with Crippen molar-refractivity contribution in [3.8, 4) is 0 Å². The lowest BCUT2D eigenvalue weighted by molar-refractivity contribution is -0.120. The molecule has 2 amide bonds. The van der Waals surface area contributed by atoms with E-state index in [1.807, 2.05) is 47.8 Å². The average Bonchev–Trinajstić information content (AvgIpc) is 3.45. The number of nitrogens with one attached hydrogen (secondary N) is 2. The van der Waals surface area contributed by atoms with Gasteiger partial charge in [0.1, 0.15) is 6.54 Å². The normalized spacial score (nSPS) is 10.6. The summed E-state index contributed by atoms with van der Waals surface area (Å²) in [5.41, 5.74) is 3.56. The van der Waals surface area contributed by atoms with Crippen LogP contribution in [-0.4, -0.2) is 26.6 Å². The first-order valence-electron chi connectivity index (χ1n) is 10.2. The summed E-state index contributed by atoms with van der Waals surface area (Å²) in [5.74, 6) is -0.251. The molecule has 0 saturated heterocycles. The van der Waals surface area contributed by atoms with Crippen LogP contribution < -0.4 is 10.6 Å². The van der Waals surface area contributed by atoms with Crippen molar-refractivity contribution in [2.45, 2.75) is 25.9 Å². The number of benzene rings is 2. The molecule has 2 aromatic carbocycles. The first-order valence-corrected chi connectivity index (χ1v) is 11.1. The molecule has 162 valence electrons. The third kappa shape index (κ3) is 6.36. The van der Waals surface area contributed by atoms with E-state index in [-0.39, 0.29) is 24.8 Å². The Balaban J connectivity index is 1.25. The SMILES string of the molecule is O=C(Cc1csc(Cc2ccccc2)n1)NCc1cccc(NC(=O)Cn2cccn2)c1. The first-order chi connectivity index (χ1) is 15.6. The zero-order valence-electron chi connectivity index (χ0n) is 17.4. The van der Waals surface area contributed by atoms with Crippen LogP contribution in [0.25, 0.3) is 0 Å². The van der Waals surface area contributed by atoms with E-state index in [4.69, 9.17) is 0 Å². The van der Waals surface area contributed by atoms with E-state index in [9.17, 15) is 9.59 Å². The summed E-state index contributed by atoms with van der Waals surface area (Å²) >= 11 is 1.57. The maximum absolute atomic E-state index is 12.4. The summed E-state index contributed by atoms with van der Waals surface area (Å²) in [4.78, 5) is 29.1. The number of nitrogens with zero attached hydrogens (tertiary/aromatic N) is 3. The van der Waals surface area contributed by atoms with Gasteiger partial charge in [-0.25, -0.2) is 4.98 Å². The lowest BCUT2D eigenvalue weighted by atomic mass is 10.2. The van der Waals surface area contributed by atoms with Gasteiger partial charge >= 0.3 is 0 Å². The highest BCUT2D eigenvalue weighted by Crippen LogP contribution is 2.15. The highest BCUT2D eigenvalue weighted by Gasteiger charge is 2.09. The molecule has 4 rings (SSSR count). The zero-order chi connectivity index (χ0) is 22.2. The Morgan fingerprint density at radius 1 is 0.969 bits per heavy atom. The number of rotatable bonds is 9. The standard InChI is InChI=1S/C24H23N5O2S/c30-22(14-21-17-32-24(28-21)13-18-6-2-1-3-7-18)25-15-19-8-4-9-20(12-19)27-23(31)16-29-11-5-10-26-29/h1-12,17H,13-16H2,(H,25,30)(H,27,31). The van der Waals surface area contributed by atoms with Gasteiger partial charge in [0, 0.05) is 36.4 Å². The molecule has 0 atom stereocenters. The van der Waals surface area contributed by atoms with Crippen LogP contribution in [0, 0.1) is 0 Å². The number of aromatic nitrogens is 3. The van der Waals surface area contributed by atoms with E-state index in [1.54, 1.807) is 34.5 Å². The highest BCUT2D eigenvalue weighted by molar-refractivity contribution is 7.09. The Kier molecular flexibility index (Phi) is 7.04. The van der Waals surface area contributed by atoms with Gasteiger partial charge in [-0.1, -0.05) is 42.5 Å². The summed E-state index contributed by atoms with van der Waals surface area (Å²) in [7, 11) is 0. The topological polar surface area (TPSA) is 88.9 Å². The molecule has 2 N–H and O–H groups in total. The van der Waals surface area contributed by atoms with Gasteiger partial charge in [0.15, 0.2) is 0 Å². The molecule has 8 heteroatoms. The van der Waals surface area contributed by atoms with Crippen LogP contribution >= 0.6 is 11.3 Å². The molecule has 2 aromatic heterocycles. The number of anilines is 1. The first kappa shape index (κ1) is 21.5. The van der Waals surface area contributed by atoms with Crippen molar-refractivity contribution in [1.82, 2.24) is 20.1 Å². The summed E-state index contributed by atoms with van der Waals surface area (Å²) in [5, 5.41) is 12.7. The fourth-order valence-electron chi connectivity index (χ4n) is 3.21. The van der Waals surface area contributed by atoms with E-state index >= 15 is 0 Å². The van der Waals surface area contributed by atoms with Gasteiger partial charge in [0.05, 0.1) is 17.1 Å². The summed E-state index contributed by atoms with van der Waals surface area (Å²) < 4.78 is 1.56. The Morgan fingerprint density at radius 3 is 2.62 bits per heavy atom. The fraction of sp³-hybridized carbons (Fsp3) is 0.167. The van der Waals surface area contributed by atoms with Gasteiger partial charge < -0.3 is 10.6 Å². The maximum Gasteiger partial charge on any atom is 0.246 e. The van der Waals surface area contributed by atoms with Crippen molar-refractivity contribution in [1.29, 1.82) is 0 Å². The number of carbonyl (C=O) groups is 2. The van der Waals surface area contributed by atoms with Crippen LogP contribution in [0.15, 0.2) is 78.4 Å². The predicted octanol–water partition coefficient (Wildman–Crippen LogP) is 3.43. The molecule has 32 heavy (non-hydrogen) atoms. The molecule has 0 unspecified atom stereocenters. The van der Waals surface area contributed by atoms with Crippen molar-refractivity contribution >= 4 is 28.8 Å². The van der Waals surface area contributed by atoms with E-state index in [1.165, 1.54) is 5.56 Å². The van der Waals surface area contributed by atoms with Crippen molar-refractivity contribution in [3.05, 3.63) is 100 Å². The summed E-state index contributed by atoms with van der Waals surface area (Å²) in [6.07, 6.45) is 4.38. The number of thiazole rings is 1. The molecular formula is C24H23N5O2S. The second-order valence-corrected chi connectivity index (χ2v) is 8.24. The Bertz CT molecular complexity index is 1170. The van der Waals surface area contributed by atoms with Crippen molar-refractivity contribution < 1.29 is 9.59 Å². The third-order valence-electron chi connectivity index (χ3n) is 4.70. The lowest BCUT2D eigenvalue weighted by Gasteiger charge is -2.09. The Morgan fingerprint density at radius 2 is 1.81 bits per heavy atom. The van der Waals surface area contributed by atoms with Gasteiger partial charge in [-0.05, 0) is 29.3 Å². The largest absolute Gasteiger partial charge is 0.352 e. The summed E-state index contributed by atoms with van der Waals surface area (Å²) in [6, 6.07) is 19.3. The molecule has 0 radical (unpaired) electrons. The Labute approximate surface area is 190 Å². The third-order valence-corrected chi connectivity index (χ3v) is 5.60. The second kappa shape index (κ2) is 10.5. The highest BCUT2D eigenvalue weighted by atomic mass is 32.1. The van der Waals surface area contributed by atoms with E-state index in [0.717, 1.165) is 22.7 Å². The van der Waals surface area contributed by atoms with Crippen LogP contribution in [0.5, 0.6) is 0 Å². The number of hydrogen-bond acceptors (Lipinski definition) is 5. The summed E-state index contributed by atoms with van der Waals surface area (Å²) in [6.45, 7) is 0.524. The minimum atomic E-state index is -0.162. The van der Waals surface area contributed by atoms with Gasteiger partial charge in [-0.3, -0.25) is 14.3 Å². The van der Waals surface area contributed by atoms with Crippen LogP contribution in [0.1, 0.15) is 21.8 Å². The van der Waals surface area contributed by atoms with E-state index in [2.05, 4.69) is 32.8 Å². The zero-order valence-corrected chi connectivity index (χ0v) is 18.2. The smallest absolute Gasteiger partial charge is 0.246 e. The van der Waals surface area contributed by atoms with Crippen molar-refractivity contribution in [3.63, 3.8) is 0 Å². The van der Waals surface area contributed by atoms with Crippen LogP contribution in [0.2, 0.25) is 0 Å². The fourth-order valence-corrected chi connectivity index (χ4v) is 4.04. The molecule has 4 aromatic rings. The molecule has 0 fully saturated rings. The van der Waals surface area contributed by atoms with Crippen LogP contribution in [-0.2, 0) is 35.5 Å². The monoisotopic (exact) mass is 445 g/mol. The minimum Gasteiger partial charge on any atom is -0.352 e. The molecular weight excluding hydrogens is 422 g/mol. The minimum absolute atomic E-state index is 0.0883. The van der Waals surface area contributed by atoms with Crippen molar-refractivity contribution in [2.75, 3.05) is 5.32 Å². The molecule has 0 saturated carbocycles. The van der Waals surface area contributed by atoms with Gasteiger partial charge in [-0.15, -0.1) is 11.3 Å². The van der Waals surface area contributed by atoms with Crippen molar-refractivity contribution in [2.24, 2.45) is 0 Å². The molecule has 0 spiro atoms. The average molecular weight is 446 g/mol. The van der Waals surface area contributed by atoms with Crippen LogP contribution in [0.4, 0.5) is 5.69 Å². The maximum atomic E-state index is 12.4. The number of carbonyl (C=O) groups excluding carboxylic acids is 2. The molecule has 2 heterocycles. The molecule has 0 aliphatic rings. The quantitative estimate of drug-likeness (QED) is 0.413. The molecule has 0 bridgehead atoms. The van der Waals surface area contributed by atoms with Gasteiger partial charge in [0.2, 0.25) is 11.8 Å². The Hall–Kier alpha value is -3.78. The van der Waals surface area contributed by atoms with E-state index < -0.39 is 0 Å².